The fourth-order valence-corrected chi connectivity index (χ4v) is 15.7. The molecule has 3 N–H and O–H groups in total. The van der Waals surface area contributed by atoms with Crippen molar-refractivity contribution in [3.05, 3.63) is 226 Å². The molecule has 39 heteroatoms. The van der Waals surface area contributed by atoms with E-state index in [0.29, 0.717) is 84.5 Å². The number of ether oxygens (including phenoxy) is 7. The number of esters is 4. The third-order valence-corrected chi connectivity index (χ3v) is 23.8. The van der Waals surface area contributed by atoms with Crippen LogP contribution in [0, 0.1) is 57.0 Å². The summed E-state index contributed by atoms with van der Waals surface area (Å²) < 4.78 is 78.1. The van der Waals surface area contributed by atoms with Gasteiger partial charge in [-0.1, -0.05) is 54.0 Å². The summed E-state index contributed by atoms with van der Waals surface area (Å²) in [4.78, 5) is 192. The topological polar surface area (TPSA) is 430 Å². The van der Waals surface area contributed by atoms with Crippen LogP contribution in [0.25, 0.3) is 56.1 Å². The average molecular weight is 1940 g/mol. The number of methoxy groups -OCH3 is 3. The first-order valence-corrected chi connectivity index (χ1v) is 44.6. The number of benzene rings is 5. The summed E-state index contributed by atoms with van der Waals surface area (Å²) in [5.41, 5.74) is -1.39. The average Bonchev–Trinajstić information content (AvgIpc) is 1.64. The van der Waals surface area contributed by atoms with Crippen molar-refractivity contribution in [3.8, 4) is 97.5 Å². The number of carbonyl (C=O) groups excluding carboxylic acids is 13. The summed E-state index contributed by atoms with van der Waals surface area (Å²) in [5.74, 6) is 5.31. The molecule has 0 radical (unpaired) electrons. The van der Waals surface area contributed by atoms with Crippen LogP contribution in [0.1, 0.15) is 148 Å². The number of hydrogen-bond acceptors (Lipinski definition) is 26. The molecule has 11 aromatic rings. The summed E-state index contributed by atoms with van der Waals surface area (Å²) in [6.45, 7) is 18.1. The van der Waals surface area contributed by atoms with Crippen molar-refractivity contribution in [1.82, 2.24) is 79.9 Å². The van der Waals surface area contributed by atoms with Gasteiger partial charge in [0.15, 0.2) is 47.6 Å². The van der Waals surface area contributed by atoms with E-state index in [1.807, 2.05) is 12.3 Å². The van der Waals surface area contributed by atoms with Crippen molar-refractivity contribution < 1.29 is 109 Å². The zero-order valence-corrected chi connectivity index (χ0v) is 80.9. The lowest BCUT2D eigenvalue weighted by Crippen LogP contribution is -2.54. The van der Waals surface area contributed by atoms with E-state index >= 15 is 8.78 Å². The Balaban J connectivity index is 0.000000168. The zero-order chi connectivity index (χ0) is 103. The molecular weight excluding hydrogens is 1840 g/mol. The number of furan rings is 1. The van der Waals surface area contributed by atoms with E-state index in [4.69, 9.17) is 42.6 Å². The van der Waals surface area contributed by atoms with E-state index in [1.54, 1.807) is 222 Å². The number of aryl methyl sites for hydroxylation is 2. The van der Waals surface area contributed by atoms with Crippen molar-refractivity contribution in [2.75, 3.05) is 61.5 Å². The second-order valence-electron chi connectivity index (χ2n) is 38.5. The van der Waals surface area contributed by atoms with Gasteiger partial charge in [0.2, 0.25) is 11.1 Å². The van der Waals surface area contributed by atoms with Crippen molar-refractivity contribution in [1.29, 1.82) is 0 Å². The summed E-state index contributed by atoms with van der Waals surface area (Å²) in [6, 6.07) is 33.4. The molecule has 37 nitrogen and oxygen atoms in total. The Labute approximate surface area is 813 Å². The molecule has 6 aromatic heterocycles. The summed E-state index contributed by atoms with van der Waals surface area (Å²) in [7, 11) is 9.22. The summed E-state index contributed by atoms with van der Waals surface area (Å²) >= 11 is 0. The van der Waals surface area contributed by atoms with Crippen LogP contribution in [0.4, 0.5) is 23.2 Å². The number of pyridine rings is 3. The lowest BCUT2D eigenvalue weighted by atomic mass is 9.95. The van der Waals surface area contributed by atoms with Crippen LogP contribution in [-0.4, -0.2) is 214 Å². The summed E-state index contributed by atoms with van der Waals surface area (Å²) in [6.07, 6.45) is 8.43. The lowest BCUT2D eigenvalue weighted by Gasteiger charge is -2.29. The summed E-state index contributed by atoms with van der Waals surface area (Å²) in [5, 5.41) is 16.4. The van der Waals surface area contributed by atoms with Gasteiger partial charge in [0.25, 0.3) is 35.4 Å². The zero-order valence-electron chi connectivity index (χ0n) is 80.9. The molecule has 3 saturated heterocycles. The number of likely N-dealkylation sites (N-methyl/N-ethyl adjacent to an activating group) is 1. The molecule has 12 heterocycles. The highest BCUT2D eigenvalue weighted by Crippen LogP contribution is 2.42. The van der Waals surface area contributed by atoms with Gasteiger partial charge in [-0.15, -0.1) is 0 Å². The van der Waals surface area contributed by atoms with Gasteiger partial charge in [-0.05, 0) is 197 Å². The maximum absolute atomic E-state index is 16.2. The number of nitrogens with one attached hydrogen (secondary N) is 3. The predicted molar refractivity (Wildman–Crippen MR) is 505 cm³/mol. The van der Waals surface area contributed by atoms with E-state index in [-0.39, 0.29) is 83.4 Å². The van der Waals surface area contributed by atoms with E-state index in [1.165, 1.54) is 68.5 Å². The number of aromatic nitrogens is 7. The molecule has 5 aromatic carbocycles. The van der Waals surface area contributed by atoms with Crippen LogP contribution in [0.2, 0.25) is 0 Å². The normalized spacial score (nSPS) is 17.5. The molecule has 0 bridgehead atoms. The van der Waals surface area contributed by atoms with Crippen LogP contribution >= 0.6 is 0 Å². The highest BCUT2D eigenvalue weighted by Gasteiger charge is 2.58. The number of rotatable bonds is 20. The third-order valence-electron chi connectivity index (χ3n) is 23.8. The monoisotopic (exact) mass is 1930 g/mol. The van der Waals surface area contributed by atoms with Gasteiger partial charge in [0.05, 0.1) is 92.0 Å². The van der Waals surface area contributed by atoms with Crippen LogP contribution < -0.4 is 39.6 Å². The van der Waals surface area contributed by atoms with Crippen molar-refractivity contribution in [2.45, 2.75) is 119 Å². The van der Waals surface area contributed by atoms with Gasteiger partial charge in [-0.2, -0.15) is 10.2 Å². The quantitative estimate of drug-likeness (QED) is 0.0362. The molecule has 0 aliphatic carbocycles. The number of imide groups is 3. The molecular formula is C103H100F2N16O21. The number of hydrogen-bond donors (Lipinski definition) is 3. The number of amides is 12. The van der Waals surface area contributed by atoms with Gasteiger partial charge in [0.1, 0.15) is 40.0 Å². The molecule has 0 saturated carbocycles. The van der Waals surface area contributed by atoms with E-state index in [2.05, 4.69) is 59.8 Å². The molecule has 12 amide bonds. The molecule has 142 heavy (non-hydrogen) atoms. The maximum atomic E-state index is 16.2. The second kappa shape index (κ2) is 38.4. The van der Waals surface area contributed by atoms with Gasteiger partial charge >= 0.3 is 42.0 Å². The first-order chi connectivity index (χ1) is 67.0. The van der Waals surface area contributed by atoms with Gasteiger partial charge in [-0.3, -0.25) is 67.2 Å². The first-order valence-electron chi connectivity index (χ1n) is 44.6. The third kappa shape index (κ3) is 20.1. The largest absolute Gasteiger partial charge is 0.497 e. The Hall–Kier alpha value is -17.0. The van der Waals surface area contributed by atoms with Crippen LogP contribution in [-0.2, 0) is 82.3 Å². The smallest absolute Gasteiger partial charge is 0.328 e. The molecule has 732 valence electrons. The number of carbonyl (C=O) groups is 13. The SMILES string of the molecule is COc1ccc2c(c1)C(=O)N(C[C@@]1(C#Cc3ccc(-c4nc(-c5cnn(C)c5)ccc4OC(=O)C(C)(C)C)cc3)NC(=O)N(COC(=O)C(C)(C)C)C1=O)C2.COc1ccc2c(c1)C(=O)N(C[C@@]1(c3cc4ncccc4o3)NC(=O)N(C)C1=O)C2.COc1ccc2c(c1F)C(=O)N(C[C@@]1(C#Cc3ccc(-c4nc(-c5cnn(C)c5)ccc4OC(=O)C(C)(C)C)c(F)c3)NC(=O)N(COC(=O)C(C)(C)C)C1=O)C2. The molecule has 6 aliphatic heterocycles. The Kier molecular flexibility index (Phi) is 26.9. The minimum atomic E-state index is -2.13. The second-order valence-corrected chi connectivity index (χ2v) is 38.5. The molecule has 17 rings (SSSR count). The number of nitrogens with zero attached hydrogens (tertiary/aromatic N) is 13. The fraction of sp³-hybridized carbons (Fsp3) is 0.320. The minimum Gasteiger partial charge on any atom is -0.497 e. The number of halogens is 2. The number of fused-ring (bicyclic) bond motifs is 4. The van der Waals surface area contributed by atoms with E-state index < -0.39 is 136 Å². The Morgan fingerprint density at radius 1 is 0.465 bits per heavy atom. The van der Waals surface area contributed by atoms with Crippen molar-refractivity contribution >= 4 is 88.5 Å². The van der Waals surface area contributed by atoms with Gasteiger partial charge in [-0.25, -0.2) is 42.9 Å². The van der Waals surface area contributed by atoms with Gasteiger partial charge in [0, 0.05) is 110 Å². The lowest BCUT2D eigenvalue weighted by molar-refractivity contribution is -0.159. The first kappa shape index (κ1) is 99.5. The van der Waals surface area contributed by atoms with Crippen molar-refractivity contribution in [2.24, 2.45) is 35.8 Å². The molecule has 3 fully saturated rings. The fourth-order valence-electron chi connectivity index (χ4n) is 15.7. The standard InChI is InChI=1S/C41H40F2N6O8.C41H42N6O8.C21H18N4O5/c1-39(2,3)36(52)56-22-49-35(51)41(46-38(49)54,21-48-20-24-10-13-29(55-8)32(43)31(24)34(48)50)16-15-23-9-11-26(27(42)17-23)33-30(57-37(53)40(4,5)6)14-12-28(45-33)25-18-44-47(7)19-25;1-39(2,3)36(50)54-24-47-35(49)41(44-38(47)52,23-46-22-27-13-14-29(53-8)19-30(27)34(46)48)18-17-25-9-11-26(12-10-25)33-32(55-37(51)40(4,5)6)16-15-31(43-33)28-20-42-45(7)21-28;1-24-19(27)21(23-20(24)28,17-9-15-16(30-17)4-3-7-22-15)11-25-10-12-5-6-13(29-2)8-14(12)18(25)26/h9-14,17-19H,20-22H2,1-8H3,(H,46,54);9-16,19-21H,22-24H2,1-8H3,(H,44,52);3-9H,10-11H2,1-2H3,(H,23,28)/t2*41-;21-/m110/s1. The predicted octanol–water partition coefficient (Wildman–Crippen LogP) is 12.1. The van der Waals surface area contributed by atoms with E-state index in [0.717, 1.165) is 37.5 Å². The Morgan fingerprint density at radius 2 is 0.930 bits per heavy atom. The highest BCUT2D eigenvalue weighted by atomic mass is 19.1. The van der Waals surface area contributed by atoms with Crippen LogP contribution in [0.15, 0.2) is 169 Å². The molecule has 0 spiro atoms. The van der Waals surface area contributed by atoms with Gasteiger partial charge < -0.3 is 68.2 Å². The molecule has 3 atom stereocenters. The molecule has 0 unspecified atom stereocenters. The van der Waals surface area contributed by atoms with Crippen LogP contribution in [0.3, 0.4) is 0 Å². The molecule has 6 aliphatic rings. The Bertz CT molecular complexity index is 7170. The maximum Gasteiger partial charge on any atom is 0.328 e. The van der Waals surface area contributed by atoms with E-state index in [9.17, 15) is 62.3 Å². The van der Waals surface area contributed by atoms with Crippen LogP contribution in [0.5, 0.6) is 28.7 Å². The highest BCUT2D eigenvalue weighted by molar-refractivity contribution is 6.12. The Morgan fingerprint density at radius 3 is 1.39 bits per heavy atom. The van der Waals surface area contributed by atoms with Crippen molar-refractivity contribution in [3.63, 3.8) is 0 Å². The number of urea groups is 3. The minimum absolute atomic E-state index is 0.0103.